The van der Waals surface area contributed by atoms with Crippen molar-refractivity contribution in [3.63, 3.8) is 0 Å². The van der Waals surface area contributed by atoms with Crippen LogP contribution in [0.5, 0.6) is 0 Å². The van der Waals surface area contributed by atoms with Crippen molar-refractivity contribution in [2.45, 2.75) is 5.91 Å². The third-order valence-electron chi connectivity index (χ3n) is 2.60. The van der Waals surface area contributed by atoms with Gasteiger partial charge in [-0.05, 0) is 12.1 Å². The Bertz CT molecular complexity index is 455. The second kappa shape index (κ2) is 6.00. The van der Waals surface area contributed by atoms with Gasteiger partial charge in [-0.1, -0.05) is 12.1 Å². The Kier molecular flexibility index (Phi) is 4.35. The van der Waals surface area contributed by atoms with Crippen LogP contribution in [-0.4, -0.2) is 41.6 Å². The van der Waals surface area contributed by atoms with E-state index in [0.29, 0.717) is 17.0 Å². The van der Waals surface area contributed by atoms with Gasteiger partial charge in [0.1, 0.15) is 19.3 Å². The minimum Gasteiger partial charge on any atom is -0.467 e. The summed E-state index contributed by atoms with van der Waals surface area (Å²) in [4.78, 5) is 0. The number of aliphatic hydroxyl groups is 3. The first-order valence-corrected chi connectivity index (χ1v) is 5.58. The largest absolute Gasteiger partial charge is 0.467 e. The quantitative estimate of drug-likeness (QED) is 0.539. The summed E-state index contributed by atoms with van der Waals surface area (Å²) in [6.45, 7) is -1.77. The summed E-state index contributed by atoms with van der Waals surface area (Å²) in [6, 6.07) is 7.13. The van der Waals surface area contributed by atoms with E-state index in [4.69, 9.17) is 29.5 Å². The van der Waals surface area contributed by atoms with Gasteiger partial charge >= 0.3 is 0 Å². The summed E-state index contributed by atoms with van der Waals surface area (Å²) in [5.41, 5.74) is 1.32. The molecule has 0 saturated carbocycles. The Morgan fingerprint density at radius 3 is 2.32 bits per heavy atom. The maximum atomic E-state index is 8.93. The van der Waals surface area contributed by atoms with Crippen molar-refractivity contribution in [1.82, 2.24) is 0 Å². The highest BCUT2D eigenvalue weighted by Gasteiger charge is 2.36. The van der Waals surface area contributed by atoms with Gasteiger partial charge in [-0.25, -0.2) is 0 Å². The van der Waals surface area contributed by atoms with Crippen LogP contribution in [0.1, 0.15) is 5.56 Å². The van der Waals surface area contributed by atoms with E-state index >= 15 is 0 Å². The van der Waals surface area contributed by atoms with Crippen LogP contribution in [0, 0.1) is 0 Å². The molecule has 7 nitrogen and oxygen atoms in total. The van der Waals surface area contributed by atoms with E-state index in [1.165, 1.54) is 6.08 Å². The van der Waals surface area contributed by atoms with Crippen LogP contribution in [0.25, 0.3) is 5.76 Å². The number of hydrogen-bond donors (Lipinski definition) is 4. The van der Waals surface area contributed by atoms with E-state index in [9.17, 15) is 0 Å². The lowest BCUT2D eigenvalue weighted by molar-refractivity contribution is -0.245. The molecule has 0 amide bonds. The van der Waals surface area contributed by atoms with Crippen molar-refractivity contribution >= 4 is 11.4 Å². The normalized spacial score (nSPS) is 16.3. The Labute approximate surface area is 109 Å². The molecule has 4 N–H and O–H groups in total. The fraction of sp³-hybridized carbons (Fsp3) is 0.333. The molecule has 0 fully saturated rings. The molecular formula is C12H15NO6. The number of para-hydroxylation sites is 1. The van der Waals surface area contributed by atoms with Crippen LogP contribution in [0.3, 0.4) is 0 Å². The molecule has 2 rings (SSSR count). The first kappa shape index (κ1) is 13.8. The number of fused-ring (bicyclic) bond motifs is 1. The lowest BCUT2D eigenvalue weighted by Crippen LogP contribution is -2.45. The maximum absolute atomic E-state index is 8.93. The van der Waals surface area contributed by atoms with E-state index in [1.54, 1.807) is 18.2 Å². The van der Waals surface area contributed by atoms with Crippen LogP contribution in [0.4, 0.5) is 5.69 Å². The highest BCUT2D eigenvalue weighted by atomic mass is 16.8. The molecule has 0 unspecified atom stereocenters. The van der Waals surface area contributed by atoms with Crippen molar-refractivity contribution < 1.29 is 29.5 Å². The fourth-order valence-electron chi connectivity index (χ4n) is 1.86. The van der Waals surface area contributed by atoms with Crippen LogP contribution in [-0.2, 0) is 14.2 Å². The first-order chi connectivity index (χ1) is 9.24. The summed E-state index contributed by atoms with van der Waals surface area (Å²) >= 11 is 0. The van der Waals surface area contributed by atoms with E-state index in [1.807, 2.05) is 6.07 Å². The first-order valence-electron chi connectivity index (χ1n) is 5.58. The van der Waals surface area contributed by atoms with Gasteiger partial charge in [0.05, 0.1) is 0 Å². The third kappa shape index (κ3) is 2.86. The molecule has 1 aromatic rings. The monoisotopic (exact) mass is 269 g/mol. The van der Waals surface area contributed by atoms with Crippen molar-refractivity contribution in [2.24, 2.45) is 0 Å². The third-order valence-corrected chi connectivity index (χ3v) is 2.60. The zero-order chi connectivity index (χ0) is 13.7. The van der Waals surface area contributed by atoms with E-state index < -0.39 is 26.3 Å². The SMILES string of the molecule is OCOC1=CC(OCO)(OCO)Nc2ccccc21. The fourth-order valence-corrected chi connectivity index (χ4v) is 1.86. The predicted molar refractivity (Wildman–Crippen MR) is 65.3 cm³/mol. The minimum atomic E-state index is -1.55. The molecular weight excluding hydrogens is 254 g/mol. The molecule has 1 aliphatic rings. The molecule has 0 aromatic heterocycles. The van der Waals surface area contributed by atoms with Crippen molar-refractivity contribution in [3.8, 4) is 0 Å². The number of aliphatic hydroxyl groups excluding tert-OH is 3. The summed E-state index contributed by atoms with van der Waals surface area (Å²) in [5.74, 6) is -1.23. The summed E-state index contributed by atoms with van der Waals surface area (Å²) in [5, 5.41) is 29.7. The Morgan fingerprint density at radius 1 is 1.00 bits per heavy atom. The molecule has 1 aromatic carbocycles. The average molecular weight is 269 g/mol. The minimum absolute atomic E-state index is 0.318. The van der Waals surface area contributed by atoms with Gasteiger partial charge in [-0.2, -0.15) is 0 Å². The molecule has 0 bridgehead atoms. The lowest BCUT2D eigenvalue weighted by Gasteiger charge is -2.35. The second-order valence-electron chi connectivity index (χ2n) is 3.67. The number of hydrogen-bond acceptors (Lipinski definition) is 7. The average Bonchev–Trinajstić information content (AvgIpc) is 2.39. The molecule has 0 aliphatic carbocycles. The number of benzene rings is 1. The molecule has 1 heterocycles. The van der Waals surface area contributed by atoms with Gasteiger partial charge in [-0.15, -0.1) is 0 Å². The summed E-state index contributed by atoms with van der Waals surface area (Å²) in [7, 11) is 0. The number of nitrogens with one attached hydrogen (secondary N) is 1. The second-order valence-corrected chi connectivity index (χ2v) is 3.67. The molecule has 7 heteroatoms. The number of anilines is 1. The van der Waals surface area contributed by atoms with Crippen LogP contribution in [0.15, 0.2) is 30.3 Å². The topological polar surface area (TPSA) is 100 Å². The predicted octanol–water partition coefficient (Wildman–Crippen LogP) is 0.00600. The van der Waals surface area contributed by atoms with Crippen LogP contribution < -0.4 is 5.32 Å². The van der Waals surface area contributed by atoms with E-state index in [0.717, 1.165) is 0 Å². The Morgan fingerprint density at radius 2 is 1.68 bits per heavy atom. The van der Waals surface area contributed by atoms with Crippen molar-refractivity contribution in [1.29, 1.82) is 0 Å². The lowest BCUT2D eigenvalue weighted by atomic mass is 10.1. The van der Waals surface area contributed by atoms with Gasteiger partial charge in [0.2, 0.25) is 0 Å². The number of rotatable bonds is 6. The summed E-state index contributed by atoms with van der Waals surface area (Å²) in [6.07, 6.45) is 1.39. The molecule has 0 atom stereocenters. The van der Waals surface area contributed by atoms with Gasteiger partial charge < -0.3 is 34.8 Å². The van der Waals surface area contributed by atoms with Gasteiger partial charge in [-0.3, -0.25) is 0 Å². The molecule has 0 saturated heterocycles. The molecule has 0 radical (unpaired) electrons. The van der Waals surface area contributed by atoms with E-state index in [2.05, 4.69) is 5.32 Å². The standard InChI is InChI=1S/C12H15NO6/c14-6-17-11-5-12(18-7-15,19-8-16)13-10-4-2-1-3-9(10)11/h1-5,13-16H,6-8H2. The van der Waals surface area contributed by atoms with Crippen LogP contribution in [0.2, 0.25) is 0 Å². The highest BCUT2D eigenvalue weighted by Crippen LogP contribution is 2.35. The summed E-state index contributed by atoms with van der Waals surface area (Å²) < 4.78 is 15.2. The van der Waals surface area contributed by atoms with Gasteiger partial charge in [0.15, 0.2) is 6.79 Å². The smallest absolute Gasteiger partial charge is 0.278 e. The molecule has 104 valence electrons. The zero-order valence-electron chi connectivity index (χ0n) is 10.1. The van der Waals surface area contributed by atoms with Crippen LogP contribution >= 0.6 is 0 Å². The maximum Gasteiger partial charge on any atom is 0.278 e. The number of ether oxygens (including phenoxy) is 3. The van der Waals surface area contributed by atoms with Gasteiger partial charge in [0, 0.05) is 17.3 Å². The van der Waals surface area contributed by atoms with Crippen molar-refractivity contribution in [2.75, 3.05) is 25.7 Å². The van der Waals surface area contributed by atoms with Gasteiger partial charge in [0.25, 0.3) is 5.91 Å². The molecule has 19 heavy (non-hydrogen) atoms. The molecule has 0 spiro atoms. The Balaban J connectivity index is 2.41. The zero-order valence-corrected chi connectivity index (χ0v) is 10.1. The highest BCUT2D eigenvalue weighted by molar-refractivity contribution is 5.77. The Hall–Kier alpha value is -1.64. The van der Waals surface area contributed by atoms with Crippen molar-refractivity contribution in [3.05, 3.63) is 35.9 Å². The molecule has 1 aliphatic heterocycles. The van der Waals surface area contributed by atoms with E-state index in [-0.39, 0.29) is 0 Å².